The van der Waals surface area contributed by atoms with Crippen molar-refractivity contribution in [2.24, 2.45) is 5.10 Å². The third-order valence-electron chi connectivity index (χ3n) is 7.71. The maximum atomic E-state index is 13.2. The predicted octanol–water partition coefficient (Wildman–Crippen LogP) is 3.44. The molecule has 3 aliphatic rings. The lowest BCUT2D eigenvalue weighted by molar-refractivity contribution is -0.0549. The van der Waals surface area contributed by atoms with Crippen LogP contribution in [0.1, 0.15) is 77.7 Å². The van der Waals surface area contributed by atoms with Gasteiger partial charge < -0.3 is 14.4 Å². The minimum atomic E-state index is -3.74. The Labute approximate surface area is 238 Å². The normalized spacial score (nSPS) is 27.3. The third kappa shape index (κ3) is 7.74. The maximum absolute atomic E-state index is 13.2. The number of amides is 1. The number of ether oxygens (including phenoxy) is 2. The molecule has 13 heteroatoms. The van der Waals surface area contributed by atoms with Crippen molar-refractivity contribution in [3.8, 4) is 0 Å². The SMILES string of the molecule is Cc1ccc(S(=O)(=O)NN=C2CCC(OC[C@@H]3N(C(=O)OC(C)(C)C)CCC[C@@]34CCCS(=O)(=O)N4)CC2)cc1. The van der Waals surface area contributed by atoms with Gasteiger partial charge in [0, 0.05) is 12.3 Å². The van der Waals surface area contributed by atoms with Crippen LogP contribution in [0.15, 0.2) is 34.3 Å². The molecule has 3 fully saturated rings. The van der Waals surface area contributed by atoms with E-state index in [0.717, 1.165) is 11.3 Å². The lowest BCUT2D eigenvalue weighted by Crippen LogP contribution is -2.69. The summed E-state index contributed by atoms with van der Waals surface area (Å²) in [6, 6.07) is 6.08. The number of benzene rings is 1. The lowest BCUT2D eigenvalue weighted by atomic mass is 9.78. The maximum Gasteiger partial charge on any atom is 0.410 e. The second-order valence-corrected chi connectivity index (χ2v) is 15.6. The Hall–Kier alpha value is -2.22. The first kappa shape index (κ1) is 30.7. The zero-order valence-corrected chi connectivity index (χ0v) is 25.4. The molecule has 40 heavy (non-hydrogen) atoms. The van der Waals surface area contributed by atoms with Crippen LogP contribution in [0, 0.1) is 6.92 Å². The van der Waals surface area contributed by atoms with Crippen LogP contribution in [0.5, 0.6) is 0 Å². The van der Waals surface area contributed by atoms with E-state index in [2.05, 4.69) is 14.7 Å². The van der Waals surface area contributed by atoms with Gasteiger partial charge in [-0.15, -0.1) is 0 Å². The first-order valence-electron chi connectivity index (χ1n) is 13.9. The van der Waals surface area contributed by atoms with E-state index in [0.29, 0.717) is 57.9 Å². The second kappa shape index (κ2) is 11.9. The van der Waals surface area contributed by atoms with Crippen LogP contribution in [0.4, 0.5) is 4.79 Å². The van der Waals surface area contributed by atoms with Gasteiger partial charge in [-0.2, -0.15) is 13.5 Å². The molecule has 2 saturated heterocycles. The van der Waals surface area contributed by atoms with Crippen LogP contribution in [0.2, 0.25) is 0 Å². The summed E-state index contributed by atoms with van der Waals surface area (Å²) >= 11 is 0. The highest BCUT2D eigenvalue weighted by Gasteiger charge is 2.51. The molecular weight excluding hydrogens is 556 g/mol. The number of carbonyl (C=O) groups excluding carboxylic acids is 1. The van der Waals surface area contributed by atoms with Gasteiger partial charge in [0.2, 0.25) is 10.0 Å². The van der Waals surface area contributed by atoms with Crippen LogP contribution in [0.25, 0.3) is 0 Å². The summed E-state index contributed by atoms with van der Waals surface area (Å²) < 4.78 is 65.2. The van der Waals surface area contributed by atoms with Crippen molar-refractivity contribution in [2.75, 3.05) is 18.9 Å². The second-order valence-electron chi connectivity index (χ2n) is 12.1. The van der Waals surface area contributed by atoms with Crippen molar-refractivity contribution in [1.29, 1.82) is 0 Å². The van der Waals surface area contributed by atoms with E-state index < -0.39 is 43.3 Å². The number of carbonyl (C=O) groups is 1. The molecule has 4 rings (SSSR count). The molecule has 2 N–H and O–H groups in total. The molecule has 1 aliphatic carbocycles. The van der Waals surface area contributed by atoms with Gasteiger partial charge in [-0.3, -0.25) is 0 Å². The summed E-state index contributed by atoms with van der Waals surface area (Å²) in [6.07, 6.45) is 4.28. The fourth-order valence-corrected chi connectivity index (χ4v) is 8.13. The van der Waals surface area contributed by atoms with Crippen molar-refractivity contribution in [3.63, 3.8) is 0 Å². The van der Waals surface area contributed by atoms with Gasteiger partial charge in [0.1, 0.15) is 5.60 Å². The first-order valence-corrected chi connectivity index (χ1v) is 17.1. The Bertz CT molecular complexity index is 1290. The molecule has 0 unspecified atom stereocenters. The van der Waals surface area contributed by atoms with Gasteiger partial charge >= 0.3 is 6.09 Å². The summed E-state index contributed by atoms with van der Waals surface area (Å²) in [4.78, 5) is 17.3. The molecular formula is C27H42N4O7S2. The van der Waals surface area contributed by atoms with Crippen molar-refractivity contribution >= 4 is 31.9 Å². The molecule has 2 aliphatic heterocycles. The topological polar surface area (TPSA) is 143 Å². The van der Waals surface area contributed by atoms with Crippen LogP contribution in [-0.2, 0) is 29.5 Å². The zero-order chi connectivity index (χ0) is 29.2. The number of rotatable bonds is 6. The molecule has 2 atom stereocenters. The number of hydrazone groups is 1. The monoisotopic (exact) mass is 598 g/mol. The molecule has 0 bridgehead atoms. The fourth-order valence-electron chi connectivity index (χ4n) is 5.70. The van der Waals surface area contributed by atoms with E-state index in [-0.39, 0.29) is 23.4 Å². The highest BCUT2D eigenvalue weighted by atomic mass is 32.2. The van der Waals surface area contributed by atoms with E-state index in [4.69, 9.17) is 9.47 Å². The largest absolute Gasteiger partial charge is 0.444 e. The Morgan fingerprint density at radius 1 is 1.15 bits per heavy atom. The lowest BCUT2D eigenvalue weighted by Gasteiger charge is -2.51. The quantitative estimate of drug-likeness (QED) is 0.478. The number of hydrogen-bond donors (Lipinski definition) is 2. The van der Waals surface area contributed by atoms with Crippen LogP contribution >= 0.6 is 0 Å². The highest BCUT2D eigenvalue weighted by Crippen LogP contribution is 2.37. The molecule has 1 aromatic carbocycles. The number of nitrogens with one attached hydrogen (secondary N) is 2. The molecule has 0 radical (unpaired) electrons. The molecule has 1 amide bonds. The number of aryl methyl sites for hydroxylation is 1. The van der Waals surface area contributed by atoms with Crippen LogP contribution < -0.4 is 9.55 Å². The smallest absolute Gasteiger partial charge is 0.410 e. The summed E-state index contributed by atoms with van der Waals surface area (Å²) in [5.74, 6) is 0.0766. The third-order valence-corrected chi connectivity index (χ3v) is 10.5. The molecule has 0 aromatic heterocycles. The summed E-state index contributed by atoms with van der Waals surface area (Å²) in [6.45, 7) is 7.96. The van der Waals surface area contributed by atoms with Gasteiger partial charge in [-0.1, -0.05) is 17.7 Å². The standard InChI is InChI=1S/C27H42N4O7S2/c1-20-7-13-23(14-8-20)40(35,36)30-28-21-9-11-22(12-10-21)37-19-24-27(16-6-18-39(33,34)29-27)15-5-17-31(24)25(32)38-26(2,3)4/h7-8,13-14,22,24,29-30H,5-6,9-12,15-19H2,1-4H3/t22?,24-,27+/m0/s1. The highest BCUT2D eigenvalue weighted by molar-refractivity contribution is 7.89. The Morgan fingerprint density at radius 2 is 1.80 bits per heavy atom. The van der Waals surface area contributed by atoms with Crippen molar-refractivity contribution in [3.05, 3.63) is 29.8 Å². The zero-order valence-electron chi connectivity index (χ0n) is 23.8. The number of hydrogen-bond acceptors (Lipinski definition) is 8. The number of likely N-dealkylation sites (tertiary alicyclic amines) is 1. The van der Waals surface area contributed by atoms with E-state index >= 15 is 0 Å². The van der Waals surface area contributed by atoms with Crippen LogP contribution in [-0.4, -0.2) is 75.7 Å². The van der Waals surface area contributed by atoms with E-state index in [1.165, 1.54) is 0 Å². The predicted molar refractivity (Wildman–Crippen MR) is 152 cm³/mol. The number of piperidine rings is 1. The average molecular weight is 599 g/mol. The van der Waals surface area contributed by atoms with Crippen molar-refractivity contribution in [2.45, 2.75) is 107 Å². The van der Waals surface area contributed by atoms with Gasteiger partial charge in [-0.05, 0) is 91.2 Å². The van der Waals surface area contributed by atoms with E-state index in [1.54, 1.807) is 29.2 Å². The average Bonchev–Trinajstić information content (AvgIpc) is 2.86. The fraction of sp³-hybridized carbons (Fsp3) is 0.704. The molecule has 2 heterocycles. The van der Waals surface area contributed by atoms with Gasteiger partial charge in [0.25, 0.3) is 10.0 Å². The summed E-state index contributed by atoms with van der Waals surface area (Å²) in [7, 11) is -7.20. The molecule has 11 nitrogen and oxygen atoms in total. The molecule has 1 saturated carbocycles. The Morgan fingerprint density at radius 3 is 2.42 bits per heavy atom. The van der Waals surface area contributed by atoms with Crippen molar-refractivity contribution < 1.29 is 31.1 Å². The minimum Gasteiger partial charge on any atom is -0.444 e. The van der Waals surface area contributed by atoms with Crippen molar-refractivity contribution in [1.82, 2.24) is 14.5 Å². The van der Waals surface area contributed by atoms with Gasteiger partial charge in [0.15, 0.2) is 0 Å². The number of nitrogens with zero attached hydrogens (tertiary/aromatic N) is 2. The minimum absolute atomic E-state index is 0.0766. The van der Waals surface area contributed by atoms with E-state index in [1.807, 2.05) is 27.7 Å². The van der Waals surface area contributed by atoms with Gasteiger partial charge in [0.05, 0.1) is 34.9 Å². The van der Waals surface area contributed by atoms with Crippen LogP contribution in [0.3, 0.4) is 0 Å². The molecule has 224 valence electrons. The summed E-state index contributed by atoms with van der Waals surface area (Å²) in [5.41, 5.74) is 0.249. The first-order chi connectivity index (χ1) is 18.7. The Balaban J connectivity index is 1.40. The van der Waals surface area contributed by atoms with E-state index in [9.17, 15) is 21.6 Å². The summed E-state index contributed by atoms with van der Waals surface area (Å²) in [5, 5.41) is 4.17. The Kier molecular flexibility index (Phi) is 9.18. The van der Waals surface area contributed by atoms with Gasteiger partial charge in [-0.25, -0.2) is 22.8 Å². The number of sulfonamides is 2. The molecule has 1 aromatic rings. The molecule has 1 spiro atoms.